The molecule has 2 heterocycles. The molecule has 7 heteroatoms. The van der Waals surface area contributed by atoms with Crippen molar-refractivity contribution in [3.05, 3.63) is 48.2 Å². The van der Waals surface area contributed by atoms with E-state index in [1.807, 2.05) is 38.1 Å². The molecule has 3 rings (SSSR count). The Balaban J connectivity index is 1.91. The van der Waals surface area contributed by atoms with Crippen molar-refractivity contribution >= 4 is 17.4 Å². The zero-order valence-corrected chi connectivity index (χ0v) is 14.8. The van der Waals surface area contributed by atoms with Gasteiger partial charge in [-0.05, 0) is 23.6 Å². The van der Waals surface area contributed by atoms with E-state index in [4.69, 9.17) is 5.11 Å². The number of carboxylic acid groups (broad SMARTS) is 1. The summed E-state index contributed by atoms with van der Waals surface area (Å²) in [5.41, 5.74) is 3.17. The van der Waals surface area contributed by atoms with Crippen molar-refractivity contribution in [2.45, 2.75) is 26.3 Å². The molecule has 0 aliphatic rings. The molecule has 7 nitrogen and oxygen atoms in total. The Morgan fingerprint density at radius 2 is 1.92 bits per heavy atom. The van der Waals surface area contributed by atoms with Crippen LogP contribution in [-0.2, 0) is 11.2 Å². The Morgan fingerprint density at radius 1 is 1.19 bits per heavy atom. The third kappa shape index (κ3) is 3.83. The molecule has 136 valence electrons. The highest BCUT2D eigenvalue weighted by Crippen LogP contribution is 2.22. The third-order valence-corrected chi connectivity index (χ3v) is 4.30. The van der Waals surface area contributed by atoms with Crippen LogP contribution in [0.5, 0.6) is 0 Å². The molecule has 0 fully saturated rings. The predicted molar refractivity (Wildman–Crippen MR) is 99.1 cm³/mol. The van der Waals surface area contributed by atoms with Crippen LogP contribution in [0.15, 0.2) is 42.6 Å². The van der Waals surface area contributed by atoms with E-state index in [-0.39, 0.29) is 25.0 Å². The lowest BCUT2D eigenvalue weighted by Crippen LogP contribution is -2.30. The zero-order valence-electron chi connectivity index (χ0n) is 14.8. The van der Waals surface area contributed by atoms with E-state index in [1.54, 1.807) is 22.8 Å². The summed E-state index contributed by atoms with van der Waals surface area (Å²) >= 11 is 0. The van der Waals surface area contributed by atoms with E-state index in [2.05, 4.69) is 15.4 Å². The van der Waals surface area contributed by atoms with Crippen LogP contribution < -0.4 is 5.32 Å². The van der Waals surface area contributed by atoms with Gasteiger partial charge in [-0.15, -0.1) is 5.10 Å². The number of aliphatic hydroxyl groups excluding tert-OH is 1. The first kappa shape index (κ1) is 17.9. The van der Waals surface area contributed by atoms with Crippen LogP contribution in [0, 0.1) is 5.92 Å². The minimum absolute atomic E-state index is 0.00248. The molecule has 26 heavy (non-hydrogen) atoms. The number of fused-ring (bicyclic) bond motifs is 1. The quantitative estimate of drug-likeness (QED) is 0.603. The average Bonchev–Trinajstić information content (AvgIpc) is 3.02. The maximum atomic E-state index is 10.8. The van der Waals surface area contributed by atoms with Gasteiger partial charge in [0.2, 0.25) is 0 Å². The maximum absolute atomic E-state index is 10.8. The topological polar surface area (TPSA) is 99.8 Å². The van der Waals surface area contributed by atoms with Gasteiger partial charge in [0.15, 0.2) is 5.65 Å². The van der Waals surface area contributed by atoms with Gasteiger partial charge in [0, 0.05) is 5.56 Å². The Bertz CT molecular complexity index is 903. The highest BCUT2D eigenvalue weighted by atomic mass is 16.4. The molecule has 2 aromatic heterocycles. The molecule has 1 atom stereocenters. The Labute approximate surface area is 151 Å². The lowest BCUT2D eigenvalue weighted by Gasteiger charge is -2.20. The maximum Gasteiger partial charge on any atom is 0.307 e. The minimum Gasteiger partial charge on any atom is -0.481 e. The predicted octanol–water partition coefficient (Wildman–Crippen LogP) is 2.45. The summed E-state index contributed by atoms with van der Waals surface area (Å²) in [7, 11) is 0. The minimum atomic E-state index is -0.853. The third-order valence-electron chi connectivity index (χ3n) is 4.30. The molecule has 3 aromatic rings. The van der Waals surface area contributed by atoms with Crippen LogP contribution >= 0.6 is 0 Å². The monoisotopic (exact) mass is 354 g/mol. The van der Waals surface area contributed by atoms with E-state index in [0.29, 0.717) is 11.5 Å². The van der Waals surface area contributed by atoms with Crippen LogP contribution in [0.25, 0.3) is 16.9 Å². The number of rotatable bonds is 7. The normalized spacial score (nSPS) is 12.5. The molecule has 0 spiro atoms. The van der Waals surface area contributed by atoms with Crippen LogP contribution in [0.3, 0.4) is 0 Å². The number of aromatic nitrogens is 3. The molecule has 1 aromatic carbocycles. The molecule has 0 amide bonds. The van der Waals surface area contributed by atoms with Gasteiger partial charge in [0.25, 0.3) is 0 Å². The summed E-state index contributed by atoms with van der Waals surface area (Å²) in [4.78, 5) is 15.2. The van der Waals surface area contributed by atoms with Gasteiger partial charge in [0.1, 0.15) is 5.82 Å². The molecule has 0 radical (unpaired) electrons. The Hall–Kier alpha value is -2.93. The van der Waals surface area contributed by atoms with Crippen LogP contribution in [0.2, 0.25) is 0 Å². The largest absolute Gasteiger partial charge is 0.481 e. The lowest BCUT2D eigenvalue weighted by atomic mass is 10.1. The smallest absolute Gasteiger partial charge is 0.307 e. The van der Waals surface area contributed by atoms with E-state index in [1.165, 1.54) is 0 Å². The summed E-state index contributed by atoms with van der Waals surface area (Å²) in [6.07, 6.45) is 1.74. The molecular formula is C19H22N4O3. The molecule has 0 saturated heterocycles. The number of anilines is 1. The standard InChI is InChI=1S/C19H22N4O3/c1-12(2)15(11-24)21-17-7-8-18-20-10-16(23(18)22-17)14-5-3-13(4-6-14)9-19(25)26/h3-8,10,12,15,24H,9,11H2,1-2H3,(H,21,22)(H,25,26)/t15-/m1/s1. The second-order valence-corrected chi connectivity index (χ2v) is 6.58. The van der Waals surface area contributed by atoms with E-state index < -0.39 is 5.97 Å². The fourth-order valence-corrected chi connectivity index (χ4v) is 2.73. The van der Waals surface area contributed by atoms with Crippen molar-refractivity contribution in [3.63, 3.8) is 0 Å². The summed E-state index contributed by atoms with van der Waals surface area (Å²) in [6, 6.07) is 11.0. The molecule has 0 unspecified atom stereocenters. The molecule has 0 aliphatic carbocycles. The van der Waals surface area contributed by atoms with Crippen molar-refractivity contribution in [1.29, 1.82) is 0 Å². The molecule has 0 saturated carbocycles. The number of imidazole rings is 1. The zero-order chi connectivity index (χ0) is 18.7. The first-order valence-corrected chi connectivity index (χ1v) is 8.51. The number of aliphatic hydroxyl groups is 1. The first-order chi connectivity index (χ1) is 12.5. The van der Waals surface area contributed by atoms with Crippen molar-refractivity contribution < 1.29 is 15.0 Å². The van der Waals surface area contributed by atoms with Crippen LogP contribution in [0.1, 0.15) is 19.4 Å². The van der Waals surface area contributed by atoms with Gasteiger partial charge >= 0.3 is 5.97 Å². The molecule has 3 N–H and O–H groups in total. The van der Waals surface area contributed by atoms with Crippen LogP contribution in [-0.4, -0.2) is 43.4 Å². The summed E-state index contributed by atoms with van der Waals surface area (Å²) < 4.78 is 1.74. The number of benzene rings is 1. The van der Waals surface area contributed by atoms with E-state index in [9.17, 15) is 9.90 Å². The number of hydrogen-bond donors (Lipinski definition) is 3. The van der Waals surface area contributed by atoms with Crippen molar-refractivity contribution in [1.82, 2.24) is 14.6 Å². The second kappa shape index (κ2) is 7.53. The van der Waals surface area contributed by atoms with Gasteiger partial charge in [0.05, 0.1) is 31.0 Å². The number of carbonyl (C=O) groups is 1. The fraction of sp³-hybridized carbons (Fsp3) is 0.316. The summed E-state index contributed by atoms with van der Waals surface area (Å²) in [6.45, 7) is 4.10. The Kier molecular flexibility index (Phi) is 5.18. The average molecular weight is 354 g/mol. The number of aliphatic carboxylic acids is 1. The highest BCUT2D eigenvalue weighted by molar-refractivity contribution is 5.71. The summed E-state index contributed by atoms with van der Waals surface area (Å²) in [5, 5.41) is 26.2. The van der Waals surface area contributed by atoms with Crippen LogP contribution in [0.4, 0.5) is 5.82 Å². The number of hydrogen-bond acceptors (Lipinski definition) is 5. The van der Waals surface area contributed by atoms with Gasteiger partial charge < -0.3 is 15.5 Å². The van der Waals surface area contributed by atoms with Crippen molar-refractivity contribution in [3.8, 4) is 11.3 Å². The number of carboxylic acids is 1. The lowest BCUT2D eigenvalue weighted by molar-refractivity contribution is -0.136. The van der Waals surface area contributed by atoms with Gasteiger partial charge in [-0.2, -0.15) is 0 Å². The molecule has 0 bridgehead atoms. The fourth-order valence-electron chi connectivity index (χ4n) is 2.73. The second-order valence-electron chi connectivity index (χ2n) is 6.58. The van der Waals surface area contributed by atoms with Gasteiger partial charge in [-0.1, -0.05) is 38.1 Å². The molecular weight excluding hydrogens is 332 g/mol. The number of nitrogens with one attached hydrogen (secondary N) is 1. The van der Waals surface area contributed by atoms with Crippen molar-refractivity contribution in [2.75, 3.05) is 11.9 Å². The summed E-state index contributed by atoms with van der Waals surface area (Å²) in [5.74, 6) is 0.0713. The highest BCUT2D eigenvalue weighted by Gasteiger charge is 2.14. The van der Waals surface area contributed by atoms with Gasteiger partial charge in [-0.3, -0.25) is 4.79 Å². The molecule has 0 aliphatic heterocycles. The van der Waals surface area contributed by atoms with E-state index >= 15 is 0 Å². The number of nitrogens with zero attached hydrogens (tertiary/aromatic N) is 3. The Morgan fingerprint density at radius 3 is 2.54 bits per heavy atom. The van der Waals surface area contributed by atoms with Crippen molar-refractivity contribution in [2.24, 2.45) is 5.92 Å². The van der Waals surface area contributed by atoms with Gasteiger partial charge in [-0.25, -0.2) is 9.50 Å². The van der Waals surface area contributed by atoms with E-state index in [0.717, 1.165) is 16.8 Å². The SMILES string of the molecule is CC(C)[C@@H](CO)Nc1ccc2ncc(-c3ccc(CC(=O)O)cc3)n2n1. The first-order valence-electron chi connectivity index (χ1n) is 8.51.